The quantitative estimate of drug-likeness (QED) is 0.909. The lowest BCUT2D eigenvalue weighted by molar-refractivity contribution is -0.131. The summed E-state index contributed by atoms with van der Waals surface area (Å²) in [6, 6.07) is 9.64. The van der Waals surface area contributed by atoms with Crippen LogP contribution in [0.3, 0.4) is 0 Å². The van der Waals surface area contributed by atoms with Gasteiger partial charge in [-0.25, -0.2) is 0 Å². The van der Waals surface area contributed by atoms with Crippen molar-refractivity contribution in [1.29, 1.82) is 0 Å². The van der Waals surface area contributed by atoms with Crippen LogP contribution in [0.5, 0.6) is 0 Å². The first-order chi connectivity index (χ1) is 8.66. The minimum atomic E-state index is -0.191. The normalized spacial score (nSPS) is 21.7. The standard InChI is InChI=1S/C14H20N2OS/c1-11-10-16(7-8-18-11)14(17)9-13(15)12-5-3-2-4-6-12/h2-6,11,13H,7-10,15H2,1H3. The maximum atomic E-state index is 12.2. The fraction of sp³-hybridized carbons (Fsp3) is 0.500. The molecule has 3 nitrogen and oxygen atoms in total. The van der Waals surface area contributed by atoms with Crippen molar-refractivity contribution in [3.05, 3.63) is 35.9 Å². The molecule has 2 atom stereocenters. The largest absolute Gasteiger partial charge is 0.341 e. The molecule has 0 bridgehead atoms. The van der Waals surface area contributed by atoms with Gasteiger partial charge in [0.15, 0.2) is 0 Å². The first-order valence-corrected chi connectivity index (χ1v) is 7.41. The van der Waals surface area contributed by atoms with Crippen molar-refractivity contribution >= 4 is 17.7 Å². The summed E-state index contributed by atoms with van der Waals surface area (Å²) in [4.78, 5) is 14.1. The first-order valence-electron chi connectivity index (χ1n) is 6.36. The summed E-state index contributed by atoms with van der Waals surface area (Å²) in [5, 5.41) is 0.538. The molecule has 2 unspecified atom stereocenters. The molecule has 0 radical (unpaired) electrons. The number of carbonyl (C=O) groups excluding carboxylic acids is 1. The summed E-state index contributed by atoms with van der Waals surface area (Å²) in [6.45, 7) is 3.88. The highest BCUT2D eigenvalue weighted by molar-refractivity contribution is 7.99. The van der Waals surface area contributed by atoms with Crippen molar-refractivity contribution in [1.82, 2.24) is 4.90 Å². The van der Waals surface area contributed by atoms with E-state index in [1.165, 1.54) is 0 Å². The van der Waals surface area contributed by atoms with Gasteiger partial charge in [0.25, 0.3) is 0 Å². The van der Waals surface area contributed by atoms with E-state index >= 15 is 0 Å². The zero-order valence-electron chi connectivity index (χ0n) is 10.7. The van der Waals surface area contributed by atoms with Crippen LogP contribution < -0.4 is 5.73 Å². The number of rotatable bonds is 3. The second kappa shape index (κ2) is 6.25. The lowest BCUT2D eigenvalue weighted by atomic mass is 10.0. The number of thioether (sulfide) groups is 1. The predicted molar refractivity (Wildman–Crippen MR) is 76.5 cm³/mol. The van der Waals surface area contributed by atoms with Crippen LogP contribution in [-0.2, 0) is 4.79 Å². The SMILES string of the molecule is CC1CN(C(=O)CC(N)c2ccccc2)CCS1. The second-order valence-electron chi connectivity index (χ2n) is 4.74. The van der Waals surface area contributed by atoms with Gasteiger partial charge in [-0.1, -0.05) is 37.3 Å². The molecule has 2 N–H and O–H groups in total. The maximum absolute atomic E-state index is 12.2. The molecule has 1 amide bonds. The Hall–Kier alpha value is -1.00. The molecule has 1 aromatic carbocycles. The number of benzene rings is 1. The molecular weight excluding hydrogens is 244 g/mol. The molecule has 1 fully saturated rings. The van der Waals surface area contributed by atoms with Crippen molar-refractivity contribution in [2.75, 3.05) is 18.8 Å². The minimum absolute atomic E-state index is 0.179. The van der Waals surface area contributed by atoms with Gasteiger partial charge in [-0.2, -0.15) is 11.8 Å². The molecule has 18 heavy (non-hydrogen) atoms. The minimum Gasteiger partial charge on any atom is -0.341 e. The number of carbonyl (C=O) groups is 1. The summed E-state index contributed by atoms with van der Waals surface area (Å²) in [7, 11) is 0. The fourth-order valence-electron chi connectivity index (χ4n) is 2.18. The van der Waals surface area contributed by atoms with Crippen LogP contribution in [0.2, 0.25) is 0 Å². The lowest BCUT2D eigenvalue weighted by Gasteiger charge is -2.31. The third kappa shape index (κ3) is 3.50. The Balaban J connectivity index is 1.91. The Labute approximate surface area is 113 Å². The molecule has 98 valence electrons. The summed E-state index contributed by atoms with van der Waals surface area (Å²) in [6.07, 6.45) is 0.404. The molecular formula is C14H20N2OS. The van der Waals surface area contributed by atoms with Gasteiger partial charge in [0, 0.05) is 36.6 Å². The molecule has 4 heteroatoms. The number of hydrogen-bond donors (Lipinski definition) is 1. The van der Waals surface area contributed by atoms with Crippen molar-refractivity contribution in [2.24, 2.45) is 5.73 Å². The molecule has 1 heterocycles. The number of amides is 1. The van der Waals surface area contributed by atoms with Gasteiger partial charge in [0.1, 0.15) is 0 Å². The average molecular weight is 264 g/mol. The zero-order valence-corrected chi connectivity index (χ0v) is 11.5. The van der Waals surface area contributed by atoms with Crippen molar-refractivity contribution in [2.45, 2.75) is 24.6 Å². The van der Waals surface area contributed by atoms with E-state index < -0.39 is 0 Å². The van der Waals surface area contributed by atoms with Crippen molar-refractivity contribution < 1.29 is 4.79 Å². The van der Waals surface area contributed by atoms with Gasteiger partial charge < -0.3 is 10.6 Å². The van der Waals surface area contributed by atoms with Gasteiger partial charge in [-0.15, -0.1) is 0 Å². The molecule has 1 saturated heterocycles. The molecule has 0 spiro atoms. The van der Waals surface area contributed by atoms with Crippen LogP contribution in [0.1, 0.15) is 24.9 Å². The smallest absolute Gasteiger partial charge is 0.224 e. The number of nitrogens with two attached hydrogens (primary N) is 1. The van der Waals surface area contributed by atoms with Crippen LogP contribution in [0.15, 0.2) is 30.3 Å². The first kappa shape index (κ1) is 13.4. The summed E-state index contributed by atoms with van der Waals surface area (Å²) >= 11 is 1.93. The van der Waals surface area contributed by atoms with Crippen LogP contribution in [-0.4, -0.2) is 34.9 Å². The highest BCUT2D eigenvalue weighted by atomic mass is 32.2. The third-order valence-electron chi connectivity index (χ3n) is 3.22. The summed E-state index contributed by atoms with van der Waals surface area (Å²) < 4.78 is 0. The fourth-order valence-corrected chi connectivity index (χ4v) is 3.19. The Morgan fingerprint density at radius 1 is 1.50 bits per heavy atom. The van der Waals surface area contributed by atoms with Crippen molar-refractivity contribution in [3.63, 3.8) is 0 Å². The van der Waals surface area contributed by atoms with E-state index in [2.05, 4.69) is 6.92 Å². The summed E-state index contributed by atoms with van der Waals surface area (Å²) in [5.41, 5.74) is 7.12. The van der Waals surface area contributed by atoms with Crippen LogP contribution in [0, 0.1) is 0 Å². The van der Waals surface area contributed by atoms with E-state index in [-0.39, 0.29) is 11.9 Å². The van der Waals surface area contributed by atoms with Crippen molar-refractivity contribution in [3.8, 4) is 0 Å². The van der Waals surface area contributed by atoms with Gasteiger partial charge in [0.2, 0.25) is 5.91 Å². The molecule has 1 aliphatic heterocycles. The Bertz CT molecular complexity index is 396. The van der Waals surface area contributed by atoms with E-state index in [1.54, 1.807) is 0 Å². The Morgan fingerprint density at radius 3 is 2.89 bits per heavy atom. The second-order valence-corrected chi connectivity index (χ2v) is 6.29. The van der Waals surface area contributed by atoms with E-state index in [0.29, 0.717) is 11.7 Å². The molecule has 0 aliphatic carbocycles. The average Bonchev–Trinajstić information content (AvgIpc) is 2.39. The molecule has 1 aromatic rings. The Kier molecular flexibility index (Phi) is 4.66. The number of nitrogens with zero attached hydrogens (tertiary/aromatic N) is 1. The molecule has 1 aliphatic rings. The van der Waals surface area contributed by atoms with E-state index in [1.807, 2.05) is 47.0 Å². The third-order valence-corrected chi connectivity index (χ3v) is 4.35. The van der Waals surface area contributed by atoms with Gasteiger partial charge in [-0.3, -0.25) is 4.79 Å². The zero-order chi connectivity index (χ0) is 13.0. The van der Waals surface area contributed by atoms with E-state index in [9.17, 15) is 4.79 Å². The van der Waals surface area contributed by atoms with Gasteiger partial charge in [-0.05, 0) is 5.56 Å². The molecule has 0 aromatic heterocycles. The van der Waals surface area contributed by atoms with Gasteiger partial charge >= 0.3 is 0 Å². The molecule has 2 rings (SSSR count). The highest BCUT2D eigenvalue weighted by Gasteiger charge is 2.22. The highest BCUT2D eigenvalue weighted by Crippen LogP contribution is 2.20. The number of hydrogen-bond acceptors (Lipinski definition) is 3. The monoisotopic (exact) mass is 264 g/mol. The predicted octanol–water partition coefficient (Wildman–Crippen LogP) is 2.04. The topological polar surface area (TPSA) is 46.3 Å². The van der Waals surface area contributed by atoms with E-state index in [4.69, 9.17) is 5.73 Å². The maximum Gasteiger partial charge on any atom is 0.224 e. The van der Waals surface area contributed by atoms with Gasteiger partial charge in [0.05, 0.1) is 0 Å². The van der Waals surface area contributed by atoms with Crippen LogP contribution >= 0.6 is 11.8 Å². The lowest BCUT2D eigenvalue weighted by Crippen LogP contribution is -2.42. The Morgan fingerprint density at radius 2 is 2.22 bits per heavy atom. The van der Waals surface area contributed by atoms with E-state index in [0.717, 1.165) is 24.4 Å². The summed E-state index contributed by atoms with van der Waals surface area (Å²) in [5.74, 6) is 1.21. The van der Waals surface area contributed by atoms with Crippen LogP contribution in [0.25, 0.3) is 0 Å². The van der Waals surface area contributed by atoms with Crippen LogP contribution in [0.4, 0.5) is 0 Å². The molecule has 0 saturated carbocycles.